The maximum Gasteiger partial charge on any atom is 0.255 e. The van der Waals surface area contributed by atoms with Gasteiger partial charge >= 0.3 is 0 Å². The average Bonchev–Trinajstić information content (AvgIpc) is 3.38. The number of aromatic nitrogens is 2. The SMILES string of the molecule is O=C(Cc1ccccc1)Nc1cnn(-c2cccc(C(=O)Nc3cccc(N4CCOCC4)c3)c2)c1. The summed E-state index contributed by atoms with van der Waals surface area (Å²) < 4.78 is 7.06. The minimum Gasteiger partial charge on any atom is -0.378 e. The number of carbonyl (C=O) groups excluding carboxylic acids is 2. The first kappa shape index (κ1) is 23.3. The highest BCUT2D eigenvalue weighted by molar-refractivity contribution is 6.04. The van der Waals surface area contributed by atoms with Crippen LogP contribution in [0.1, 0.15) is 15.9 Å². The lowest BCUT2D eigenvalue weighted by Gasteiger charge is -2.29. The van der Waals surface area contributed by atoms with Crippen molar-refractivity contribution in [2.45, 2.75) is 6.42 Å². The van der Waals surface area contributed by atoms with Gasteiger partial charge in [-0.2, -0.15) is 5.10 Å². The molecule has 0 bridgehead atoms. The molecule has 1 aliphatic heterocycles. The van der Waals surface area contributed by atoms with Gasteiger partial charge in [-0.05, 0) is 42.0 Å². The number of ether oxygens (including phenoxy) is 1. The minimum absolute atomic E-state index is 0.117. The zero-order valence-corrected chi connectivity index (χ0v) is 19.8. The van der Waals surface area contributed by atoms with Crippen molar-refractivity contribution in [2.24, 2.45) is 0 Å². The second kappa shape index (κ2) is 10.9. The Balaban J connectivity index is 1.24. The van der Waals surface area contributed by atoms with E-state index < -0.39 is 0 Å². The number of anilines is 3. The van der Waals surface area contributed by atoms with Crippen LogP contribution in [-0.4, -0.2) is 47.9 Å². The second-order valence-electron chi connectivity index (χ2n) is 8.54. The van der Waals surface area contributed by atoms with E-state index in [4.69, 9.17) is 4.74 Å². The summed E-state index contributed by atoms with van der Waals surface area (Å²) in [5.74, 6) is -0.326. The van der Waals surface area contributed by atoms with Crippen LogP contribution in [0.3, 0.4) is 0 Å². The third-order valence-corrected chi connectivity index (χ3v) is 5.93. The molecule has 1 aliphatic rings. The van der Waals surface area contributed by atoms with Crippen LogP contribution in [0.15, 0.2) is 91.3 Å². The van der Waals surface area contributed by atoms with E-state index in [9.17, 15) is 9.59 Å². The van der Waals surface area contributed by atoms with Gasteiger partial charge in [0.15, 0.2) is 0 Å². The van der Waals surface area contributed by atoms with Crippen LogP contribution in [0.4, 0.5) is 17.1 Å². The van der Waals surface area contributed by atoms with Gasteiger partial charge in [0.1, 0.15) is 0 Å². The molecule has 0 aliphatic carbocycles. The summed E-state index contributed by atoms with van der Waals surface area (Å²) in [4.78, 5) is 27.6. The van der Waals surface area contributed by atoms with Crippen LogP contribution in [0.2, 0.25) is 0 Å². The molecule has 1 saturated heterocycles. The third kappa shape index (κ3) is 5.79. The topological polar surface area (TPSA) is 88.5 Å². The molecule has 8 heteroatoms. The molecule has 182 valence electrons. The highest BCUT2D eigenvalue weighted by Gasteiger charge is 2.13. The zero-order chi connectivity index (χ0) is 24.7. The molecular weight excluding hydrogens is 454 g/mol. The number of hydrogen-bond acceptors (Lipinski definition) is 5. The van der Waals surface area contributed by atoms with E-state index in [0.29, 0.717) is 30.2 Å². The fraction of sp³-hybridized carbons (Fsp3) is 0.179. The summed E-state index contributed by atoms with van der Waals surface area (Å²) in [7, 11) is 0. The molecule has 1 aromatic heterocycles. The summed E-state index contributed by atoms with van der Waals surface area (Å²) in [6.07, 6.45) is 3.60. The normalized spacial score (nSPS) is 13.3. The molecular formula is C28H27N5O3. The van der Waals surface area contributed by atoms with Crippen molar-refractivity contribution >= 4 is 28.9 Å². The number of rotatable bonds is 7. The molecule has 0 radical (unpaired) electrons. The van der Waals surface area contributed by atoms with Gasteiger partial charge in [0.25, 0.3) is 5.91 Å². The van der Waals surface area contributed by atoms with Crippen LogP contribution in [0.5, 0.6) is 0 Å². The molecule has 0 spiro atoms. The van der Waals surface area contributed by atoms with Crippen molar-refractivity contribution in [3.05, 3.63) is 102 Å². The largest absolute Gasteiger partial charge is 0.378 e. The van der Waals surface area contributed by atoms with Crippen molar-refractivity contribution in [1.29, 1.82) is 0 Å². The van der Waals surface area contributed by atoms with Gasteiger partial charge in [0, 0.05) is 30.0 Å². The van der Waals surface area contributed by atoms with Gasteiger partial charge in [-0.1, -0.05) is 42.5 Å². The maximum absolute atomic E-state index is 13.0. The highest BCUT2D eigenvalue weighted by Crippen LogP contribution is 2.21. The Hall–Kier alpha value is -4.43. The van der Waals surface area contributed by atoms with E-state index in [1.807, 2.05) is 66.7 Å². The average molecular weight is 482 g/mol. The van der Waals surface area contributed by atoms with E-state index in [-0.39, 0.29) is 18.2 Å². The fourth-order valence-corrected chi connectivity index (χ4v) is 4.11. The molecule has 0 saturated carbocycles. The molecule has 36 heavy (non-hydrogen) atoms. The monoisotopic (exact) mass is 481 g/mol. The first-order valence-electron chi connectivity index (χ1n) is 11.9. The molecule has 2 heterocycles. The van der Waals surface area contributed by atoms with E-state index in [1.165, 1.54) is 0 Å². The number of morpholine rings is 1. The fourth-order valence-electron chi connectivity index (χ4n) is 4.11. The van der Waals surface area contributed by atoms with Crippen molar-refractivity contribution in [3.63, 3.8) is 0 Å². The Morgan fingerprint density at radius 1 is 0.833 bits per heavy atom. The van der Waals surface area contributed by atoms with Gasteiger partial charge in [-0.3, -0.25) is 9.59 Å². The maximum atomic E-state index is 13.0. The Morgan fingerprint density at radius 3 is 2.44 bits per heavy atom. The van der Waals surface area contributed by atoms with Crippen LogP contribution in [-0.2, 0) is 16.0 Å². The number of carbonyl (C=O) groups is 2. The van der Waals surface area contributed by atoms with Crippen molar-refractivity contribution < 1.29 is 14.3 Å². The highest BCUT2D eigenvalue weighted by atomic mass is 16.5. The van der Waals surface area contributed by atoms with Crippen molar-refractivity contribution in [3.8, 4) is 5.69 Å². The summed E-state index contributed by atoms with van der Waals surface area (Å²) in [6.45, 7) is 3.07. The van der Waals surface area contributed by atoms with E-state index in [0.717, 1.165) is 30.0 Å². The molecule has 8 nitrogen and oxygen atoms in total. The Labute approximate surface area is 209 Å². The first-order valence-corrected chi connectivity index (χ1v) is 11.9. The summed E-state index contributed by atoms with van der Waals surface area (Å²) >= 11 is 0. The molecule has 0 unspecified atom stereocenters. The van der Waals surface area contributed by atoms with Crippen LogP contribution < -0.4 is 15.5 Å². The van der Waals surface area contributed by atoms with E-state index in [2.05, 4.69) is 20.6 Å². The first-order chi connectivity index (χ1) is 17.6. The Bertz CT molecular complexity index is 1350. The lowest BCUT2D eigenvalue weighted by molar-refractivity contribution is -0.115. The van der Waals surface area contributed by atoms with E-state index in [1.54, 1.807) is 29.2 Å². The molecule has 2 amide bonds. The third-order valence-electron chi connectivity index (χ3n) is 5.93. The van der Waals surface area contributed by atoms with Crippen molar-refractivity contribution in [2.75, 3.05) is 41.8 Å². The number of nitrogens with zero attached hydrogens (tertiary/aromatic N) is 3. The lowest BCUT2D eigenvalue weighted by Crippen LogP contribution is -2.36. The van der Waals surface area contributed by atoms with Crippen LogP contribution in [0, 0.1) is 0 Å². The van der Waals surface area contributed by atoms with Gasteiger partial charge in [-0.15, -0.1) is 0 Å². The predicted molar refractivity (Wildman–Crippen MR) is 140 cm³/mol. The zero-order valence-electron chi connectivity index (χ0n) is 19.8. The number of hydrogen-bond donors (Lipinski definition) is 2. The molecule has 0 atom stereocenters. The quantitative estimate of drug-likeness (QED) is 0.414. The lowest BCUT2D eigenvalue weighted by atomic mass is 10.1. The molecule has 1 fully saturated rings. The molecule has 5 rings (SSSR count). The second-order valence-corrected chi connectivity index (χ2v) is 8.54. The van der Waals surface area contributed by atoms with Crippen LogP contribution in [0.25, 0.3) is 5.69 Å². The Morgan fingerprint density at radius 2 is 1.61 bits per heavy atom. The van der Waals surface area contributed by atoms with Crippen LogP contribution >= 0.6 is 0 Å². The van der Waals surface area contributed by atoms with Gasteiger partial charge in [-0.25, -0.2) is 4.68 Å². The molecule has 3 aromatic carbocycles. The predicted octanol–water partition coefficient (Wildman–Crippen LogP) is 4.14. The van der Waals surface area contributed by atoms with Gasteiger partial charge in [0.2, 0.25) is 5.91 Å². The molecule has 4 aromatic rings. The standard InChI is InChI=1S/C28H27N5O3/c34-27(16-21-6-2-1-3-7-21)30-24-19-29-33(20-24)26-11-4-8-22(17-26)28(35)31-23-9-5-10-25(18-23)32-12-14-36-15-13-32/h1-11,17-20H,12-16H2,(H,30,34)(H,31,35). The van der Waals surface area contributed by atoms with Gasteiger partial charge in [0.05, 0.1) is 43.4 Å². The number of amides is 2. The minimum atomic E-state index is -0.209. The number of benzene rings is 3. The summed E-state index contributed by atoms with van der Waals surface area (Å²) in [5.41, 5.74) is 4.55. The van der Waals surface area contributed by atoms with Crippen molar-refractivity contribution in [1.82, 2.24) is 9.78 Å². The summed E-state index contributed by atoms with van der Waals surface area (Å²) in [5, 5.41) is 10.2. The number of nitrogens with one attached hydrogen (secondary N) is 2. The smallest absolute Gasteiger partial charge is 0.255 e. The molecule has 2 N–H and O–H groups in total. The van der Waals surface area contributed by atoms with E-state index >= 15 is 0 Å². The van der Waals surface area contributed by atoms with Gasteiger partial charge < -0.3 is 20.3 Å². The summed E-state index contributed by atoms with van der Waals surface area (Å²) in [6, 6.07) is 24.6. The Kier molecular flexibility index (Phi) is 7.05.